The van der Waals surface area contributed by atoms with E-state index in [0.717, 1.165) is 5.56 Å². The van der Waals surface area contributed by atoms with Crippen LogP contribution in [0.4, 0.5) is 0 Å². The highest BCUT2D eigenvalue weighted by atomic mass is 16.4. The van der Waals surface area contributed by atoms with Gasteiger partial charge >= 0.3 is 5.97 Å². The summed E-state index contributed by atoms with van der Waals surface area (Å²) in [5, 5.41) is 17.8. The van der Waals surface area contributed by atoms with Crippen molar-refractivity contribution in [1.82, 2.24) is 0 Å². The summed E-state index contributed by atoms with van der Waals surface area (Å²) in [6.07, 6.45) is 0.844. The highest BCUT2D eigenvalue weighted by Crippen LogP contribution is 2.16. The van der Waals surface area contributed by atoms with Crippen LogP contribution in [0.25, 0.3) is 0 Å². The molecule has 0 radical (unpaired) electrons. The number of aromatic hydroxyl groups is 1. The molecule has 1 aromatic carbocycles. The summed E-state index contributed by atoms with van der Waals surface area (Å²) >= 11 is 0. The van der Waals surface area contributed by atoms with Crippen molar-refractivity contribution in [2.45, 2.75) is 19.8 Å². The third-order valence-corrected chi connectivity index (χ3v) is 2.02. The number of rotatable bonds is 4. The van der Waals surface area contributed by atoms with Crippen molar-refractivity contribution in [2.75, 3.05) is 0 Å². The van der Waals surface area contributed by atoms with Crippen LogP contribution in [0.15, 0.2) is 24.3 Å². The van der Waals surface area contributed by atoms with Crippen molar-refractivity contribution in [3.05, 3.63) is 29.8 Å². The molecule has 1 aromatic rings. The van der Waals surface area contributed by atoms with Gasteiger partial charge in [0, 0.05) is 6.42 Å². The molecule has 0 aromatic heterocycles. The topological polar surface area (TPSA) is 57.5 Å². The molecule has 0 bridgehead atoms. The van der Waals surface area contributed by atoms with E-state index >= 15 is 0 Å². The number of carboxylic acid groups (broad SMARTS) is 1. The van der Waals surface area contributed by atoms with E-state index < -0.39 is 5.97 Å². The second kappa shape index (κ2) is 4.65. The Bertz CT molecular complexity index is 320. The second-order valence-corrected chi connectivity index (χ2v) is 3.58. The number of hydrogen-bond donors (Lipinski definition) is 2. The molecule has 0 saturated carbocycles. The minimum absolute atomic E-state index is 0.0919. The molecule has 0 heterocycles. The SMILES string of the molecule is CC(CC(=O)O)Cc1cccc(O)c1. The average molecular weight is 194 g/mol. The number of carbonyl (C=O) groups is 1. The van der Waals surface area contributed by atoms with E-state index in [1.165, 1.54) is 0 Å². The van der Waals surface area contributed by atoms with Crippen molar-refractivity contribution in [3.8, 4) is 5.75 Å². The zero-order chi connectivity index (χ0) is 10.6. The maximum absolute atomic E-state index is 10.4. The van der Waals surface area contributed by atoms with Gasteiger partial charge in [-0.05, 0) is 30.0 Å². The van der Waals surface area contributed by atoms with Gasteiger partial charge in [0.1, 0.15) is 5.75 Å². The van der Waals surface area contributed by atoms with Crippen LogP contribution < -0.4 is 0 Å². The van der Waals surface area contributed by atoms with E-state index in [1.807, 2.05) is 13.0 Å². The molecular formula is C11H14O3. The van der Waals surface area contributed by atoms with Crippen LogP contribution in [0.5, 0.6) is 5.75 Å². The van der Waals surface area contributed by atoms with Crippen LogP contribution in [-0.4, -0.2) is 16.2 Å². The first-order valence-electron chi connectivity index (χ1n) is 4.57. The predicted octanol–water partition coefficient (Wildman–Crippen LogP) is 2.05. The van der Waals surface area contributed by atoms with Crippen molar-refractivity contribution in [2.24, 2.45) is 5.92 Å². The summed E-state index contributed by atoms with van der Waals surface area (Å²) in [5.74, 6) is -0.461. The monoisotopic (exact) mass is 194 g/mol. The highest BCUT2D eigenvalue weighted by molar-refractivity contribution is 5.67. The number of benzene rings is 1. The molecular weight excluding hydrogens is 180 g/mol. The molecule has 0 amide bonds. The van der Waals surface area contributed by atoms with Gasteiger partial charge in [-0.25, -0.2) is 0 Å². The lowest BCUT2D eigenvalue weighted by Crippen LogP contribution is -2.06. The van der Waals surface area contributed by atoms with Gasteiger partial charge in [0.15, 0.2) is 0 Å². The molecule has 1 unspecified atom stereocenters. The van der Waals surface area contributed by atoms with E-state index in [1.54, 1.807) is 18.2 Å². The van der Waals surface area contributed by atoms with Gasteiger partial charge in [-0.15, -0.1) is 0 Å². The summed E-state index contributed by atoms with van der Waals surface area (Å²) < 4.78 is 0. The molecule has 0 spiro atoms. The summed E-state index contributed by atoms with van der Waals surface area (Å²) in [6, 6.07) is 6.92. The number of carboxylic acids is 1. The maximum Gasteiger partial charge on any atom is 0.303 e. The normalized spacial score (nSPS) is 12.4. The van der Waals surface area contributed by atoms with E-state index in [9.17, 15) is 9.90 Å². The van der Waals surface area contributed by atoms with Crippen molar-refractivity contribution in [3.63, 3.8) is 0 Å². The summed E-state index contributed by atoms with van der Waals surface area (Å²) in [6.45, 7) is 1.89. The molecule has 1 rings (SSSR count). The Morgan fingerprint density at radius 3 is 2.79 bits per heavy atom. The summed E-state index contributed by atoms with van der Waals surface area (Å²) in [5.41, 5.74) is 0.971. The van der Waals surface area contributed by atoms with Crippen molar-refractivity contribution >= 4 is 5.97 Å². The quantitative estimate of drug-likeness (QED) is 0.771. The van der Waals surface area contributed by atoms with Crippen LogP contribution in [0.1, 0.15) is 18.9 Å². The van der Waals surface area contributed by atoms with Gasteiger partial charge < -0.3 is 10.2 Å². The fourth-order valence-corrected chi connectivity index (χ4v) is 1.46. The van der Waals surface area contributed by atoms with Gasteiger partial charge in [0.05, 0.1) is 0 Å². The Labute approximate surface area is 83.0 Å². The first-order chi connectivity index (χ1) is 6.58. The molecule has 2 N–H and O–H groups in total. The average Bonchev–Trinajstić information content (AvgIpc) is 2.01. The predicted molar refractivity (Wildman–Crippen MR) is 53.2 cm³/mol. The molecule has 14 heavy (non-hydrogen) atoms. The molecule has 0 aliphatic rings. The van der Waals surface area contributed by atoms with Crippen molar-refractivity contribution in [1.29, 1.82) is 0 Å². The van der Waals surface area contributed by atoms with Crippen LogP contribution in [-0.2, 0) is 11.2 Å². The molecule has 3 nitrogen and oxygen atoms in total. The van der Waals surface area contributed by atoms with Gasteiger partial charge in [-0.2, -0.15) is 0 Å². The molecule has 0 aliphatic heterocycles. The Hall–Kier alpha value is -1.51. The molecule has 76 valence electrons. The van der Waals surface area contributed by atoms with Crippen LogP contribution in [0.3, 0.4) is 0 Å². The lowest BCUT2D eigenvalue weighted by atomic mass is 9.98. The summed E-state index contributed by atoms with van der Waals surface area (Å²) in [4.78, 5) is 10.4. The van der Waals surface area contributed by atoms with E-state index in [2.05, 4.69) is 0 Å². The fourth-order valence-electron chi connectivity index (χ4n) is 1.46. The van der Waals surface area contributed by atoms with Crippen LogP contribution in [0.2, 0.25) is 0 Å². The maximum atomic E-state index is 10.4. The molecule has 0 aliphatic carbocycles. The zero-order valence-corrected chi connectivity index (χ0v) is 8.10. The molecule has 1 atom stereocenters. The number of hydrogen-bond acceptors (Lipinski definition) is 2. The lowest BCUT2D eigenvalue weighted by Gasteiger charge is -2.08. The van der Waals surface area contributed by atoms with Crippen LogP contribution in [0, 0.1) is 5.92 Å². The number of aliphatic carboxylic acids is 1. The van der Waals surface area contributed by atoms with Crippen molar-refractivity contribution < 1.29 is 15.0 Å². The minimum atomic E-state index is -0.780. The van der Waals surface area contributed by atoms with Gasteiger partial charge in [0.2, 0.25) is 0 Å². The van der Waals surface area contributed by atoms with Crippen LogP contribution >= 0.6 is 0 Å². The highest BCUT2D eigenvalue weighted by Gasteiger charge is 2.08. The molecule has 0 fully saturated rings. The Morgan fingerprint density at radius 2 is 2.21 bits per heavy atom. The van der Waals surface area contributed by atoms with Gasteiger partial charge in [-0.3, -0.25) is 4.79 Å². The van der Waals surface area contributed by atoms with E-state index in [0.29, 0.717) is 6.42 Å². The van der Waals surface area contributed by atoms with E-state index in [4.69, 9.17) is 5.11 Å². The largest absolute Gasteiger partial charge is 0.508 e. The first kappa shape index (κ1) is 10.6. The molecule has 3 heteroatoms. The van der Waals surface area contributed by atoms with Gasteiger partial charge in [-0.1, -0.05) is 19.1 Å². The number of phenols is 1. The first-order valence-corrected chi connectivity index (χ1v) is 4.57. The smallest absolute Gasteiger partial charge is 0.303 e. The zero-order valence-electron chi connectivity index (χ0n) is 8.10. The minimum Gasteiger partial charge on any atom is -0.508 e. The Balaban J connectivity index is 2.55. The standard InChI is InChI=1S/C11H14O3/c1-8(6-11(13)14)5-9-3-2-4-10(12)7-9/h2-4,7-8,12H,5-6H2,1H3,(H,13,14). The lowest BCUT2D eigenvalue weighted by molar-refractivity contribution is -0.137. The van der Waals surface area contributed by atoms with Gasteiger partial charge in [0.25, 0.3) is 0 Å². The third-order valence-electron chi connectivity index (χ3n) is 2.02. The van der Waals surface area contributed by atoms with E-state index in [-0.39, 0.29) is 18.1 Å². The third kappa shape index (κ3) is 3.47. The molecule has 0 saturated heterocycles. The second-order valence-electron chi connectivity index (χ2n) is 3.58. The Kier molecular flexibility index (Phi) is 3.51. The Morgan fingerprint density at radius 1 is 1.50 bits per heavy atom. The fraction of sp³-hybridized carbons (Fsp3) is 0.364. The number of phenolic OH excluding ortho intramolecular Hbond substituents is 1. The summed E-state index contributed by atoms with van der Waals surface area (Å²) in [7, 11) is 0.